The molecule has 0 atom stereocenters. The number of carbonyl (C=O) groups excluding carboxylic acids is 2. The minimum Gasteiger partial charge on any atom is -0.545 e. The Morgan fingerprint density at radius 1 is 1.47 bits per heavy atom. The predicted molar refractivity (Wildman–Crippen MR) is 50.5 cm³/mol. The molecule has 6 heteroatoms. The molecule has 0 saturated heterocycles. The van der Waals surface area contributed by atoms with E-state index in [9.17, 15) is 14.7 Å². The first-order chi connectivity index (χ1) is 7.00. The standard InChI is InChI=1S/C9H8ClNO4/c10-5-1-2-7(15-4-8(11)12)6(3-5)9(13)14/h1-3H,4H2,(H2,11,12)(H,13,14)/p-1. The molecular weight excluding hydrogens is 222 g/mol. The molecule has 1 amide bonds. The van der Waals surface area contributed by atoms with Crippen LogP contribution in [-0.4, -0.2) is 18.5 Å². The molecular formula is C9H7ClNO4-. The topological polar surface area (TPSA) is 92.5 Å². The van der Waals surface area contributed by atoms with Gasteiger partial charge in [-0.2, -0.15) is 0 Å². The molecule has 1 rings (SSSR count). The van der Waals surface area contributed by atoms with Crippen molar-refractivity contribution in [2.45, 2.75) is 0 Å². The average molecular weight is 229 g/mol. The maximum absolute atomic E-state index is 10.7. The van der Waals surface area contributed by atoms with Crippen molar-refractivity contribution in [2.24, 2.45) is 5.73 Å². The first-order valence-corrected chi connectivity index (χ1v) is 4.30. The minimum atomic E-state index is -1.43. The van der Waals surface area contributed by atoms with Crippen LogP contribution in [-0.2, 0) is 4.79 Å². The van der Waals surface area contributed by atoms with Crippen molar-refractivity contribution in [3.05, 3.63) is 28.8 Å². The molecule has 0 bridgehead atoms. The number of carbonyl (C=O) groups is 2. The highest BCUT2D eigenvalue weighted by Crippen LogP contribution is 2.22. The molecule has 0 radical (unpaired) electrons. The van der Waals surface area contributed by atoms with Crippen LogP contribution in [0.3, 0.4) is 0 Å². The van der Waals surface area contributed by atoms with Crippen LogP contribution in [0.5, 0.6) is 5.75 Å². The Kier molecular flexibility index (Phi) is 3.51. The quantitative estimate of drug-likeness (QED) is 0.757. The van der Waals surface area contributed by atoms with Crippen LogP contribution in [0.15, 0.2) is 18.2 Å². The van der Waals surface area contributed by atoms with Crippen LogP contribution in [0.1, 0.15) is 10.4 Å². The Balaban J connectivity index is 2.95. The second kappa shape index (κ2) is 4.65. The Morgan fingerprint density at radius 2 is 2.13 bits per heavy atom. The van der Waals surface area contributed by atoms with E-state index in [0.29, 0.717) is 0 Å². The molecule has 15 heavy (non-hydrogen) atoms. The lowest BCUT2D eigenvalue weighted by molar-refractivity contribution is -0.255. The lowest BCUT2D eigenvalue weighted by Crippen LogP contribution is -2.25. The largest absolute Gasteiger partial charge is 0.545 e. The summed E-state index contributed by atoms with van der Waals surface area (Å²) in [6.45, 7) is -0.401. The number of carboxylic acid groups (broad SMARTS) is 1. The number of aromatic carboxylic acids is 1. The summed E-state index contributed by atoms with van der Waals surface area (Å²) in [6.07, 6.45) is 0. The fraction of sp³-hybridized carbons (Fsp3) is 0.111. The molecule has 0 aliphatic rings. The fourth-order valence-electron chi connectivity index (χ4n) is 0.936. The van der Waals surface area contributed by atoms with Crippen molar-refractivity contribution in [2.75, 3.05) is 6.61 Å². The number of hydrogen-bond acceptors (Lipinski definition) is 4. The van der Waals surface area contributed by atoms with E-state index in [1.807, 2.05) is 0 Å². The smallest absolute Gasteiger partial charge is 0.255 e. The summed E-state index contributed by atoms with van der Waals surface area (Å²) < 4.78 is 4.86. The SMILES string of the molecule is NC(=O)COc1ccc(Cl)cc1C(=O)[O-]. The number of amides is 1. The number of carboxylic acids is 1. The van der Waals surface area contributed by atoms with Gasteiger partial charge in [0.1, 0.15) is 5.75 Å². The molecule has 1 aromatic rings. The van der Waals surface area contributed by atoms with E-state index in [4.69, 9.17) is 22.1 Å². The molecule has 0 aliphatic carbocycles. The fourth-order valence-corrected chi connectivity index (χ4v) is 1.11. The number of benzene rings is 1. The molecule has 0 heterocycles. The number of rotatable bonds is 4. The average Bonchev–Trinajstić information content (AvgIpc) is 2.15. The monoisotopic (exact) mass is 228 g/mol. The zero-order valence-corrected chi connectivity index (χ0v) is 8.28. The van der Waals surface area contributed by atoms with Crippen LogP contribution in [0.4, 0.5) is 0 Å². The Bertz CT molecular complexity index is 405. The molecule has 80 valence electrons. The second-order valence-corrected chi connectivity index (χ2v) is 3.12. The van der Waals surface area contributed by atoms with Crippen molar-refractivity contribution in [3.63, 3.8) is 0 Å². The third-order valence-electron chi connectivity index (χ3n) is 1.53. The first-order valence-electron chi connectivity index (χ1n) is 3.92. The number of nitrogens with two attached hydrogens (primary N) is 1. The van der Waals surface area contributed by atoms with Gasteiger partial charge in [0.15, 0.2) is 6.61 Å². The Hall–Kier alpha value is -1.75. The van der Waals surface area contributed by atoms with E-state index >= 15 is 0 Å². The first kappa shape index (κ1) is 11.3. The van der Waals surface area contributed by atoms with Gasteiger partial charge in [-0.15, -0.1) is 0 Å². The van der Waals surface area contributed by atoms with Crippen LogP contribution in [0.25, 0.3) is 0 Å². The van der Waals surface area contributed by atoms with Gasteiger partial charge in [0.2, 0.25) is 0 Å². The zero-order chi connectivity index (χ0) is 11.4. The molecule has 2 N–H and O–H groups in total. The summed E-state index contributed by atoms with van der Waals surface area (Å²) >= 11 is 5.59. The van der Waals surface area contributed by atoms with Gasteiger partial charge in [0.05, 0.1) is 5.97 Å². The summed E-state index contributed by atoms with van der Waals surface area (Å²) in [4.78, 5) is 21.1. The minimum absolute atomic E-state index is 0.00167. The van der Waals surface area contributed by atoms with E-state index in [0.717, 1.165) is 0 Å². The second-order valence-electron chi connectivity index (χ2n) is 2.68. The molecule has 0 unspecified atom stereocenters. The molecule has 0 saturated carbocycles. The number of halogens is 1. The Labute approximate surface area is 90.4 Å². The maximum atomic E-state index is 10.7. The van der Waals surface area contributed by atoms with Crippen molar-refractivity contribution < 1.29 is 19.4 Å². The lowest BCUT2D eigenvalue weighted by atomic mass is 10.2. The molecule has 1 aromatic carbocycles. The van der Waals surface area contributed by atoms with Crippen LogP contribution in [0.2, 0.25) is 5.02 Å². The van der Waals surface area contributed by atoms with Gasteiger partial charge in [0, 0.05) is 10.6 Å². The summed E-state index contributed by atoms with van der Waals surface area (Å²) in [6, 6.07) is 3.94. The van der Waals surface area contributed by atoms with Crippen molar-refractivity contribution >= 4 is 23.5 Å². The van der Waals surface area contributed by atoms with Gasteiger partial charge in [-0.05, 0) is 18.2 Å². The highest BCUT2D eigenvalue weighted by atomic mass is 35.5. The van der Waals surface area contributed by atoms with Gasteiger partial charge >= 0.3 is 0 Å². The summed E-state index contributed by atoms with van der Waals surface area (Å²) in [5.74, 6) is -2.13. The molecule has 0 fully saturated rings. The summed E-state index contributed by atoms with van der Waals surface area (Å²) in [5, 5.41) is 10.9. The highest BCUT2D eigenvalue weighted by Gasteiger charge is 2.06. The summed E-state index contributed by atoms with van der Waals surface area (Å²) in [7, 11) is 0. The van der Waals surface area contributed by atoms with E-state index in [2.05, 4.69) is 0 Å². The van der Waals surface area contributed by atoms with Gasteiger partial charge in [-0.3, -0.25) is 4.79 Å². The predicted octanol–water partition coefficient (Wildman–Crippen LogP) is -0.432. The van der Waals surface area contributed by atoms with E-state index in [1.165, 1.54) is 18.2 Å². The van der Waals surface area contributed by atoms with Crippen molar-refractivity contribution in [1.29, 1.82) is 0 Å². The normalized spacial score (nSPS) is 9.67. The number of primary amides is 1. The van der Waals surface area contributed by atoms with Gasteiger partial charge in [0.25, 0.3) is 5.91 Å². The third-order valence-corrected chi connectivity index (χ3v) is 1.77. The van der Waals surface area contributed by atoms with E-state index in [-0.39, 0.29) is 16.3 Å². The van der Waals surface area contributed by atoms with Gasteiger partial charge in [-0.1, -0.05) is 11.6 Å². The van der Waals surface area contributed by atoms with E-state index < -0.39 is 18.5 Å². The zero-order valence-electron chi connectivity index (χ0n) is 7.53. The van der Waals surface area contributed by atoms with Gasteiger partial charge < -0.3 is 20.4 Å². The van der Waals surface area contributed by atoms with Crippen molar-refractivity contribution in [1.82, 2.24) is 0 Å². The molecule has 5 nitrogen and oxygen atoms in total. The Morgan fingerprint density at radius 3 is 2.67 bits per heavy atom. The molecule has 0 spiro atoms. The van der Waals surface area contributed by atoms with Crippen LogP contribution >= 0.6 is 11.6 Å². The maximum Gasteiger partial charge on any atom is 0.255 e. The third kappa shape index (κ3) is 3.14. The lowest BCUT2D eigenvalue weighted by Gasteiger charge is -2.10. The molecule has 0 aromatic heterocycles. The highest BCUT2D eigenvalue weighted by molar-refractivity contribution is 6.31. The molecule has 0 aliphatic heterocycles. The van der Waals surface area contributed by atoms with E-state index in [1.54, 1.807) is 0 Å². The van der Waals surface area contributed by atoms with Crippen LogP contribution < -0.4 is 15.6 Å². The summed E-state index contributed by atoms with van der Waals surface area (Å²) in [5.41, 5.74) is 4.62. The van der Waals surface area contributed by atoms with Crippen molar-refractivity contribution in [3.8, 4) is 5.75 Å². The number of hydrogen-bond donors (Lipinski definition) is 1. The van der Waals surface area contributed by atoms with Gasteiger partial charge in [-0.25, -0.2) is 0 Å². The number of ether oxygens (including phenoxy) is 1. The van der Waals surface area contributed by atoms with Crippen LogP contribution in [0, 0.1) is 0 Å².